The van der Waals surface area contributed by atoms with Crippen molar-refractivity contribution >= 4 is 0 Å². The Balaban J connectivity index is 2.79. The summed E-state index contributed by atoms with van der Waals surface area (Å²) < 4.78 is 10.0. The molecule has 0 spiro atoms. The van der Waals surface area contributed by atoms with Crippen molar-refractivity contribution in [3.05, 3.63) is 12.3 Å². The van der Waals surface area contributed by atoms with Gasteiger partial charge >= 0.3 is 0 Å². The van der Waals surface area contributed by atoms with Crippen LogP contribution in [0.1, 0.15) is 13.3 Å². The largest absolute Gasteiger partial charge is 0.501 e. The third-order valence-electron chi connectivity index (χ3n) is 1.02. The minimum atomic E-state index is 0.0930. The molecule has 1 N–H and O–H groups in total. The number of hydrogen-bond donors (Lipinski definition) is 1. The van der Waals surface area contributed by atoms with Crippen LogP contribution in [0.2, 0.25) is 0 Å². The Morgan fingerprint density at radius 3 is 2.73 bits per heavy atom. The summed E-state index contributed by atoms with van der Waals surface area (Å²) in [6.07, 6.45) is 4.37. The van der Waals surface area contributed by atoms with Gasteiger partial charge in [-0.15, -0.1) is 0 Å². The van der Waals surface area contributed by atoms with Crippen LogP contribution in [0, 0.1) is 0 Å². The third kappa shape index (κ3) is 9.46. The third-order valence-corrected chi connectivity index (χ3v) is 1.02. The summed E-state index contributed by atoms with van der Waals surface area (Å²) in [4.78, 5) is 0. The van der Waals surface area contributed by atoms with Crippen LogP contribution >= 0.6 is 0 Å². The van der Waals surface area contributed by atoms with Crippen LogP contribution in [0.5, 0.6) is 0 Å². The van der Waals surface area contributed by atoms with E-state index >= 15 is 0 Å². The lowest BCUT2D eigenvalue weighted by atomic mass is 10.5. The van der Waals surface area contributed by atoms with Gasteiger partial charge in [-0.3, -0.25) is 0 Å². The molecule has 0 aliphatic carbocycles. The Morgan fingerprint density at radius 2 is 2.09 bits per heavy atom. The zero-order chi connectivity index (χ0) is 8.36. The van der Waals surface area contributed by atoms with Gasteiger partial charge in [0.2, 0.25) is 0 Å². The van der Waals surface area contributed by atoms with Crippen molar-refractivity contribution in [2.24, 2.45) is 0 Å². The van der Waals surface area contributed by atoms with E-state index in [1.807, 2.05) is 13.0 Å². The number of aliphatic hydroxyl groups excluding tert-OH is 1. The zero-order valence-corrected chi connectivity index (χ0v) is 6.95. The van der Waals surface area contributed by atoms with Gasteiger partial charge in [-0.05, 0) is 6.92 Å². The Bertz CT molecular complexity index is 91.3. The first kappa shape index (κ1) is 10.5. The summed E-state index contributed by atoms with van der Waals surface area (Å²) in [6.45, 7) is 3.75. The summed E-state index contributed by atoms with van der Waals surface area (Å²) in [5, 5.41) is 8.34. The monoisotopic (exact) mass is 160 g/mol. The second kappa shape index (κ2) is 9.46. The van der Waals surface area contributed by atoms with E-state index < -0.39 is 0 Å². The molecule has 0 amide bonds. The van der Waals surface area contributed by atoms with Gasteiger partial charge in [-0.1, -0.05) is 6.08 Å². The summed E-state index contributed by atoms with van der Waals surface area (Å²) in [5.74, 6) is 0. The lowest BCUT2D eigenvalue weighted by molar-refractivity contribution is 0.0795. The molecular weight excluding hydrogens is 144 g/mol. The summed E-state index contributed by atoms with van der Waals surface area (Å²) in [5.41, 5.74) is 0. The highest BCUT2D eigenvalue weighted by molar-refractivity contribution is 4.64. The Hall–Kier alpha value is -0.540. The van der Waals surface area contributed by atoms with Crippen LogP contribution in [-0.2, 0) is 9.47 Å². The molecule has 3 heteroatoms. The molecular formula is C8H16O3. The number of aliphatic hydroxyl groups is 1. The smallest absolute Gasteiger partial charge is 0.0895 e. The molecule has 0 atom stereocenters. The van der Waals surface area contributed by atoms with Crippen molar-refractivity contribution in [2.75, 3.05) is 26.4 Å². The summed E-state index contributed by atoms with van der Waals surface area (Å²) in [7, 11) is 0. The highest BCUT2D eigenvalue weighted by Crippen LogP contribution is 1.85. The van der Waals surface area contributed by atoms with Crippen LogP contribution in [-0.4, -0.2) is 31.5 Å². The predicted molar refractivity (Wildman–Crippen MR) is 43.3 cm³/mol. The maximum atomic E-state index is 8.34. The average molecular weight is 160 g/mol. The Labute approximate surface area is 67.6 Å². The molecule has 0 aromatic heterocycles. The maximum Gasteiger partial charge on any atom is 0.0895 e. The molecule has 66 valence electrons. The Kier molecular flexibility index (Phi) is 9.00. The minimum Gasteiger partial charge on any atom is -0.501 e. The highest BCUT2D eigenvalue weighted by atomic mass is 16.5. The second-order valence-electron chi connectivity index (χ2n) is 2.03. The molecule has 0 aromatic carbocycles. The van der Waals surface area contributed by atoms with Crippen molar-refractivity contribution in [1.29, 1.82) is 0 Å². The van der Waals surface area contributed by atoms with Gasteiger partial charge in [0.15, 0.2) is 0 Å². The van der Waals surface area contributed by atoms with Crippen molar-refractivity contribution < 1.29 is 14.6 Å². The van der Waals surface area contributed by atoms with E-state index in [4.69, 9.17) is 14.6 Å². The molecule has 0 fully saturated rings. The van der Waals surface area contributed by atoms with Crippen LogP contribution in [0.25, 0.3) is 0 Å². The zero-order valence-electron chi connectivity index (χ0n) is 6.95. The lowest BCUT2D eigenvalue weighted by Crippen LogP contribution is -2.02. The number of ether oxygens (including phenoxy) is 2. The topological polar surface area (TPSA) is 38.7 Å². The molecule has 11 heavy (non-hydrogen) atoms. The van der Waals surface area contributed by atoms with Crippen LogP contribution in [0.15, 0.2) is 12.3 Å². The fraction of sp³-hybridized carbons (Fsp3) is 0.750. The molecule has 3 nitrogen and oxygen atoms in total. The quantitative estimate of drug-likeness (QED) is 0.445. The number of hydrogen-bond acceptors (Lipinski definition) is 3. The molecule has 0 aliphatic heterocycles. The first-order valence-corrected chi connectivity index (χ1v) is 3.83. The molecule has 0 saturated heterocycles. The van der Waals surface area contributed by atoms with Crippen LogP contribution in [0.3, 0.4) is 0 Å². The van der Waals surface area contributed by atoms with Crippen molar-refractivity contribution in [1.82, 2.24) is 0 Å². The Morgan fingerprint density at radius 1 is 1.27 bits per heavy atom. The standard InChI is InChI=1S/C8H16O3/c1-2-5-10-6-3-7-11-8-4-9/h2,5,9H,3-4,6-8H2,1H3. The van der Waals surface area contributed by atoms with Crippen LogP contribution in [0.4, 0.5) is 0 Å². The number of allylic oxidation sites excluding steroid dienone is 1. The summed E-state index contributed by atoms with van der Waals surface area (Å²) >= 11 is 0. The molecule has 0 radical (unpaired) electrons. The van der Waals surface area contributed by atoms with E-state index in [2.05, 4.69) is 0 Å². The lowest BCUT2D eigenvalue weighted by Gasteiger charge is -2.01. The van der Waals surface area contributed by atoms with Gasteiger partial charge in [-0.25, -0.2) is 0 Å². The first-order valence-electron chi connectivity index (χ1n) is 3.83. The normalized spacial score (nSPS) is 10.7. The fourth-order valence-electron chi connectivity index (χ4n) is 0.575. The van der Waals surface area contributed by atoms with E-state index in [-0.39, 0.29) is 6.61 Å². The fourth-order valence-corrected chi connectivity index (χ4v) is 0.575. The van der Waals surface area contributed by atoms with Gasteiger partial charge < -0.3 is 14.6 Å². The van der Waals surface area contributed by atoms with E-state index in [1.54, 1.807) is 6.26 Å². The molecule has 0 rings (SSSR count). The van der Waals surface area contributed by atoms with Crippen molar-refractivity contribution in [2.45, 2.75) is 13.3 Å². The first-order chi connectivity index (χ1) is 5.41. The van der Waals surface area contributed by atoms with E-state index in [1.165, 1.54) is 0 Å². The molecule has 0 heterocycles. The SMILES string of the molecule is CC=COCCCOCCO. The van der Waals surface area contributed by atoms with Gasteiger partial charge in [0.1, 0.15) is 0 Å². The molecule has 0 aliphatic rings. The van der Waals surface area contributed by atoms with Gasteiger partial charge in [0.05, 0.1) is 26.1 Å². The molecule has 0 bridgehead atoms. The highest BCUT2D eigenvalue weighted by Gasteiger charge is 1.86. The molecule has 0 aromatic rings. The number of rotatable bonds is 7. The molecule has 0 saturated carbocycles. The van der Waals surface area contributed by atoms with Gasteiger partial charge in [0.25, 0.3) is 0 Å². The van der Waals surface area contributed by atoms with E-state index in [9.17, 15) is 0 Å². The summed E-state index contributed by atoms with van der Waals surface area (Å²) in [6, 6.07) is 0. The predicted octanol–water partition coefficient (Wildman–Crippen LogP) is 0.936. The maximum absolute atomic E-state index is 8.34. The van der Waals surface area contributed by atoms with E-state index in [0.29, 0.717) is 19.8 Å². The average Bonchev–Trinajstić information content (AvgIpc) is 2.03. The van der Waals surface area contributed by atoms with Crippen LogP contribution < -0.4 is 0 Å². The van der Waals surface area contributed by atoms with Crippen molar-refractivity contribution in [3.8, 4) is 0 Å². The van der Waals surface area contributed by atoms with Gasteiger partial charge in [-0.2, -0.15) is 0 Å². The van der Waals surface area contributed by atoms with E-state index in [0.717, 1.165) is 6.42 Å². The minimum absolute atomic E-state index is 0.0930. The molecule has 0 unspecified atom stereocenters. The van der Waals surface area contributed by atoms with Gasteiger partial charge in [0, 0.05) is 13.0 Å². The second-order valence-corrected chi connectivity index (χ2v) is 2.03. The van der Waals surface area contributed by atoms with Crippen molar-refractivity contribution in [3.63, 3.8) is 0 Å².